The van der Waals surface area contributed by atoms with E-state index in [0.29, 0.717) is 15.6 Å². The first-order valence-corrected chi connectivity index (χ1v) is 7.32. The quantitative estimate of drug-likeness (QED) is 0.754. The summed E-state index contributed by atoms with van der Waals surface area (Å²) in [7, 11) is 0. The molecule has 0 atom stereocenters. The second kappa shape index (κ2) is 5.28. The van der Waals surface area contributed by atoms with Gasteiger partial charge < -0.3 is 0 Å². The number of aromatic nitrogens is 1. The first-order chi connectivity index (χ1) is 8.17. The van der Waals surface area contributed by atoms with Gasteiger partial charge in [0, 0.05) is 10.6 Å². The molecule has 1 aromatic heterocycles. The topological polar surface area (TPSA) is 36.7 Å². The zero-order chi connectivity index (χ0) is 12.4. The predicted molar refractivity (Wildman–Crippen MR) is 74.1 cm³/mol. The van der Waals surface area contributed by atoms with Crippen LogP contribution in [-0.2, 0) is 0 Å². The minimum absolute atomic E-state index is 0.533. The molecule has 0 amide bonds. The van der Waals surface area contributed by atoms with E-state index < -0.39 is 0 Å². The average molecular weight is 301 g/mol. The number of hydrogen-bond donors (Lipinski definition) is 0. The summed E-state index contributed by atoms with van der Waals surface area (Å²) in [5, 5.41) is 11.0. The van der Waals surface area contributed by atoms with Crippen molar-refractivity contribution >= 4 is 46.5 Å². The summed E-state index contributed by atoms with van der Waals surface area (Å²) in [5.74, 6) is 0. The van der Waals surface area contributed by atoms with Gasteiger partial charge in [-0.05, 0) is 29.9 Å². The molecule has 1 aromatic carbocycles. The summed E-state index contributed by atoms with van der Waals surface area (Å²) in [6.45, 7) is 0. The molecule has 86 valence electrons. The standard InChI is InChI=1S/C11H6Cl2N2S2/c1-16-11-8(5-14)10(17-15-11)7-3-2-6(12)4-9(7)13/h2-4H,1H3. The van der Waals surface area contributed by atoms with Gasteiger partial charge in [0.05, 0.1) is 9.90 Å². The molecule has 0 bridgehead atoms. The summed E-state index contributed by atoms with van der Waals surface area (Å²) in [6.07, 6.45) is 1.89. The van der Waals surface area contributed by atoms with Crippen molar-refractivity contribution in [1.82, 2.24) is 4.37 Å². The molecule has 2 nitrogen and oxygen atoms in total. The predicted octanol–water partition coefficient (Wildman–Crippen LogP) is 4.71. The molecular weight excluding hydrogens is 295 g/mol. The highest BCUT2D eigenvalue weighted by Crippen LogP contribution is 2.38. The summed E-state index contributed by atoms with van der Waals surface area (Å²) >= 11 is 14.7. The molecule has 0 N–H and O–H groups in total. The van der Waals surface area contributed by atoms with Crippen LogP contribution < -0.4 is 0 Å². The van der Waals surface area contributed by atoms with E-state index in [2.05, 4.69) is 10.4 Å². The third kappa shape index (κ3) is 2.43. The lowest BCUT2D eigenvalue weighted by atomic mass is 10.1. The van der Waals surface area contributed by atoms with Crippen LogP contribution >= 0.6 is 46.5 Å². The molecule has 0 aliphatic carbocycles. The van der Waals surface area contributed by atoms with Gasteiger partial charge in [-0.25, -0.2) is 0 Å². The monoisotopic (exact) mass is 300 g/mol. The molecule has 0 saturated carbocycles. The van der Waals surface area contributed by atoms with Crippen LogP contribution in [0.3, 0.4) is 0 Å². The van der Waals surface area contributed by atoms with Crippen LogP contribution in [0.25, 0.3) is 10.4 Å². The Bertz CT molecular complexity index is 602. The van der Waals surface area contributed by atoms with Gasteiger partial charge in [-0.15, -0.1) is 11.8 Å². The van der Waals surface area contributed by atoms with Crippen LogP contribution in [0.5, 0.6) is 0 Å². The van der Waals surface area contributed by atoms with Crippen LogP contribution in [0.15, 0.2) is 23.2 Å². The van der Waals surface area contributed by atoms with Crippen LogP contribution in [0.2, 0.25) is 10.0 Å². The molecule has 0 aliphatic heterocycles. The average Bonchev–Trinajstić information content (AvgIpc) is 2.71. The molecule has 17 heavy (non-hydrogen) atoms. The van der Waals surface area contributed by atoms with Gasteiger partial charge in [0.2, 0.25) is 0 Å². The number of thioether (sulfide) groups is 1. The highest BCUT2D eigenvalue weighted by atomic mass is 35.5. The third-order valence-corrected chi connectivity index (χ3v) is 4.37. The Labute approximate surface area is 117 Å². The van der Waals surface area contributed by atoms with E-state index in [1.165, 1.54) is 23.3 Å². The maximum atomic E-state index is 9.16. The summed E-state index contributed by atoms with van der Waals surface area (Å²) in [6, 6.07) is 7.40. The number of nitrogens with zero attached hydrogens (tertiary/aromatic N) is 2. The Morgan fingerprint density at radius 2 is 2.18 bits per heavy atom. The SMILES string of the molecule is CSc1nsc(-c2ccc(Cl)cc2Cl)c1C#N. The van der Waals surface area contributed by atoms with Crippen molar-refractivity contribution in [3.05, 3.63) is 33.8 Å². The molecule has 0 saturated heterocycles. The number of benzene rings is 1. The first kappa shape index (κ1) is 12.7. The fourth-order valence-electron chi connectivity index (χ4n) is 1.37. The zero-order valence-corrected chi connectivity index (χ0v) is 11.8. The van der Waals surface area contributed by atoms with Gasteiger partial charge in [-0.3, -0.25) is 0 Å². The molecule has 2 rings (SSSR count). The number of nitriles is 1. The van der Waals surface area contributed by atoms with E-state index in [-0.39, 0.29) is 0 Å². The fraction of sp³-hybridized carbons (Fsp3) is 0.0909. The highest BCUT2D eigenvalue weighted by Gasteiger charge is 2.16. The first-order valence-electron chi connectivity index (χ1n) is 4.56. The van der Waals surface area contributed by atoms with Gasteiger partial charge >= 0.3 is 0 Å². The smallest absolute Gasteiger partial charge is 0.128 e. The molecule has 0 unspecified atom stereocenters. The van der Waals surface area contributed by atoms with E-state index in [1.54, 1.807) is 12.1 Å². The van der Waals surface area contributed by atoms with E-state index in [1.807, 2.05) is 12.3 Å². The largest absolute Gasteiger partial charge is 0.192 e. The van der Waals surface area contributed by atoms with Gasteiger partial charge in [-0.1, -0.05) is 29.3 Å². The number of rotatable bonds is 2. The van der Waals surface area contributed by atoms with Gasteiger partial charge in [0.25, 0.3) is 0 Å². The van der Waals surface area contributed by atoms with Gasteiger partial charge in [-0.2, -0.15) is 9.64 Å². The zero-order valence-electron chi connectivity index (χ0n) is 8.70. The molecular formula is C11H6Cl2N2S2. The Morgan fingerprint density at radius 1 is 1.41 bits per heavy atom. The lowest BCUT2D eigenvalue weighted by molar-refractivity contribution is 1.26. The molecule has 1 heterocycles. The number of halogens is 2. The van der Waals surface area contributed by atoms with E-state index in [4.69, 9.17) is 28.5 Å². The van der Waals surface area contributed by atoms with Gasteiger partial charge in [0.15, 0.2) is 0 Å². The third-order valence-electron chi connectivity index (χ3n) is 2.14. The van der Waals surface area contributed by atoms with Crippen molar-refractivity contribution in [2.24, 2.45) is 0 Å². The van der Waals surface area contributed by atoms with Crippen molar-refractivity contribution in [2.45, 2.75) is 5.03 Å². The van der Waals surface area contributed by atoms with Crippen LogP contribution in [-0.4, -0.2) is 10.6 Å². The lowest BCUT2D eigenvalue weighted by Gasteiger charge is -2.02. The number of hydrogen-bond acceptors (Lipinski definition) is 4. The second-order valence-corrected chi connectivity index (χ2v) is 5.54. The summed E-state index contributed by atoms with van der Waals surface area (Å²) < 4.78 is 4.24. The lowest BCUT2D eigenvalue weighted by Crippen LogP contribution is -1.81. The Kier molecular flexibility index (Phi) is 3.95. The van der Waals surface area contributed by atoms with Crippen molar-refractivity contribution < 1.29 is 0 Å². The van der Waals surface area contributed by atoms with E-state index >= 15 is 0 Å². The Morgan fingerprint density at radius 3 is 2.76 bits per heavy atom. The molecule has 6 heteroatoms. The summed E-state index contributed by atoms with van der Waals surface area (Å²) in [4.78, 5) is 0.790. The van der Waals surface area contributed by atoms with Crippen molar-refractivity contribution in [3.8, 4) is 16.5 Å². The molecule has 0 fully saturated rings. The normalized spacial score (nSPS) is 10.2. The maximum absolute atomic E-state index is 9.16. The molecule has 0 aliphatic rings. The molecule has 2 aromatic rings. The van der Waals surface area contributed by atoms with Crippen LogP contribution in [0.1, 0.15) is 5.56 Å². The summed E-state index contributed by atoms with van der Waals surface area (Å²) in [5.41, 5.74) is 1.37. The second-order valence-electron chi connectivity index (χ2n) is 3.13. The van der Waals surface area contributed by atoms with Crippen LogP contribution in [0, 0.1) is 11.3 Å². The fourth-order valence-corrected chi connectivity index (χ4v) is 3.53. The van der Waals surface area contributed by atoms with Crippen molar-refractivity contribution in [1.29, 1.82) is 5.26 Å². The highest BCUT2D eigenvalue weighted by molar-refractivity contribution is 7.98. The maximum Gasteiger partial charge on any atom is 0.128 e. The molecule has 0 radical (unpaired) electrons. The minimum Gasteiger partial charge on any atom is -0.192 e. The Balaban J connectivity index is 2.61. The van der Waals surface area contributed by atoms with Crippen molar-refractivity contribution in [3.63, 3.8) is 0 Å². The van der Waals surface area contributed by atoms with Gasteiger partial charge in [0.1, 0.15) is 16.7 Å². The Hall–Kier alpha value is -0.730. The van der Waals surface area contributed by atoms with Crippen molar-refractivity contribution in [2.75, 3.05) is 6.26 Å². The van der Waals surface area contributed by atoms with E-state index in [0.717, 1.165) is 15.5 Å². The minimum atomic E-state index is 0.533. The van der Waals surface area contributed by atoms with Crippen LogP contribution in [0.4, 0.5) is 0 Å². The van der Waals surface area contributed by atoms with E-state index in [9.17, 15) is 0 Å². The molecule has 0 spiro atoms.